The summed E-state index contributed by atoms with van der Waals surface area (Å²) in [6, 6.07) is 0.433. The Morgan fingerprint density at radius 2 is 1.72 bits per heavy atom. The number of likely N-dealkylation sites (N-methyl/N-ethyl adjacent to an activating group) is 1. The smallest absolute Gasteiger partial charge is 0.236 e. The number of hydrogen-bond donors (Lipinski definition) is 1. The molecule has 1 atom stereocenters. The summed E-state index contributed by atoms with van der Waals surface area (Å²) in [5.41, 5.74) is 0. The van der Waals surface area contributed by atoms with Gasteiger partial charge in [0.15, 0.2) is 0 Å². The zero-order valence-electron chi connectivity index (χ0n) is 15.7. The van der Waals surface area contributed by atoms with Crippen LogP contribution in [0.1, 0.15) is 44.9 Å². The Morgan fingerprint density at radius 3 is 2.36 bits per heavy atom. The maximum absolute atomic E-state index is 12.6. The van der Waals surface area contributed by atoms with Gasteiger partial charge >= 0.3 is 0 Å². The maximum Gasteiger partial charge on any atom is 0.236 e. The Balaban J connectivity index is 1.41. The highest BCUT2D eigenvalue weighted by Gasteiger charge is 2.30. The zero-order chi connectivity index (χ0) is 17.6. The van der Waals surface area contributed by atoms with E-state index in [9.17, 15) is 9.59 Å². The van der Waals surface area contributed by atoms with Crippen molar-refractivity contribution in [2.24, 2.45) is 5.92 Å². The highest BCUT2D eigenvalue weighted by molar-refractivity contribution is 5.80. The van der Waals surface area contributed by atoms with Crippen LogP contribution in [0.3, 0.4) is 0 Å². The van der Waals surface area contributed by atoms with Gasteiger partial charge in [-0.25, -0.2) is 0 Å². The number of piperidine rings is 1. The Hall–Kier alpha value is -1.14. The Morgan fingerprint density at radius 1 is 1.00 bits per heavy atom. The number of piperazine rings is 1. The van der Waals surface area contributed by atoms with Gasteiger partial charge in [0.2, 0.25) is 11.8 Å². The summed E-state index contributed by atoms with van der Waals surface area (Å²) in [5, 5.41) is 3.33. The molecule has 2 heterocycles. The van der Waals surface area contributed by atoms with Gasteiger partial charge in [-0.05, 0) is 32.2 Å². The molecule has 1 N–H and O–H groups in total. The third-order valence-corrected chi connectivity index (χ3v) is 6.20. The third-order valence-electron chi connectivity index (χ3n) is 6.20. The van der Waals surface area contributed by atoms with Crippen molar-refractivity contribution in [2.45, 2.75) is 51.0 Å². The van der Waals surface area contributed by atoms with Crippen molar-refractivity contribution >= 4 is 11.8 Å². The first-order chi connectivity index (χ1) is 12.1. The van der Waals surface area contributed by atoms with Crippen LogP contribution in [0.15, 0.2) is 0 Å². The van der Waals surface area contributed by atoms with Gasteiger partial charge in [-0.1, -0.05) is 19.3 Å². The fourth-order valence-electron chi connectivity index (χ4n) is 4.42. The minimum atomic E-state index is 0.152. The zero-order valence-corrected chi connectivity index (χ0v) is 15.7. The highest BCUT2D eigenvalue weighted by atomic mass is 16.2. The van der Waals surface area contributed by atoms with E-state index in [1.165, 1.54) is 19.3 Å². The molecule has 6 heteroatoms. The molecule has 2 aliphatic heterocycles. The van der Waals surface area contributed by atoms with Gasteiger partial charge in [0.1, 0.15) is 0 Å². The minimum absolute atomic E-state index is 0.152. The first kappa shape index (κ1) is 18.6. The predicted molar refractivity (Wildman–Crippen MR) is 98.3 cm³/mol. The van der Waals surface area contributed by atoms with Gasteiger partial charge in [-0.2, -0.15) is 0 Å². The van der Waals surface area contributed by atoms with Crippen LogP contribution in [0.25, 0.3) is 0 Å². The van der Waals surface area contributed by atoms with Gasteiger partial charge in [-0.3, -0.25) is 14.5 Å². The van der Waals surface area contributed by atoms with Gasteiger partial charge in [0.05, 0.1) is 12.5 Å². The molecule has 142 valence electrons. The third kappa shape index (κ3) is 4.94. The van der Waals surface area contributed by atoms with Crippen LogP contribution in [-0.4, -0.2) is 85.4 Å². The average molecular weight is 351 g/mol. The number of carbonyl (C=O) groups is 2. The molecule has 0 aromatic carbocycles. The number of nitrogens with zero attached hydrogens (tertiary/aromatic N) is 3. The summed E-state index contributed by atoms with van der Waals surface area (Å²) in [6.45, 7) is 5.51. The minimum Gasteiger partial charge on any atom is -0.342 e. The second-order valence-electron chi connectivity index (χ2n) is 7.94. The van der Waals surface area contributed by atoms with E-state index in [2.05, 4.69) is 10.2 Å². The lowest BCUT2D eigenvalue weighted by Crippen LogP contribution is -2.54. The fraction of sp³-hybridized carbons (Fsp3) is 0.895. The van der Waals surface area contributed by atoms with E-state index >= 15 is 0 Å². The lowest BCUT2D eigenvalue weighted by Gasteiger charge is -2.38. The van der Waals surface area contributed by atoms with Crippen LogP contribution >= 0.6 is 0 Å². The largest absolute Gasteiger partial charge is 0.342 e. The molecule has 3 aliphatic rings. The molecule has 1 unspecified atom stereocenters. The van der Waals surface area contributed by atoms with Crippen molar-refractivity contribution in [1.29, 1.82) is 0 Å². The topological polar surface area (TPSA) is 55.9 Å². The second-order valence-corrected chi connectivity index (χ2v) is 7.94. The van der Waals surface area contributed by atoms with Gasteiger partial charge in [0, 0.05) is 45.8 Å². The first-order valence-electron chi connectivity index (χ1n) is 10.1. The number of rotatable bonds is 4. The monoisotopic (exact) mass is 350 g/mol. The summed E-state index contributed by atoms with van der Waals surface area (Å²) in [5.74, 6) is 0.694. The molecule has 2 amide bonds. The van der Waals surface area contributed by atoms with Gasteiger partial charge in [0.25, 0.3) is 0 Å². The molecule has 3 rings (SSSR count). The summed E-state index contributed by atoms with van der Waals surface area (Å²) < 4.78 is 0. The molecule has 0 spiro atoms. The predicted octanol–water partition coefficient (Wildman–Crippen LogP) is 0.921. The summed E-state index contributed by atoms with van der Waals surface area (Å²) in [4.78, 5) is 31.4. The van der Waals surface area contributed by atoms with E-state index in [1.807, 2.05) is 16.8 Å². The SMILES string of the molecule is CN(C(=O)CN1CCN(C(=O)C2CCCNC2)CC1)C1CCCCC1. The number of hydrogen-bond acceptors (Lipinski definition) is 4. The van der Waals surface area contributed by atoms with E-state index in [0.29, 0.717) is 18.5 Å². The molecule has 6 nitrogen and oxygen atoms in total. The molecule has 3 fully saturated rings. The molecular weight excluding hydrogens is 316 g/mol. The number of amides is 2. The average Bonchev–Trinajstić information content (AvgIpc) is 2.68. The molecule has 0 aromatic heterocycles. The fourth-order valence-corrected chi connectivity index (χ4v) is 4.42. The molecule has 0 radical (unpaired) electrons. The maximum atomic E-state index is 12.6. The van der Waals surface area contributed by atoms with Crippen LogP contribution < -0.4 is 5.32 Å². The summed E-state index contributed by atoms with van der Waals surface area (Å²) >= 11 is 0. The number of carbonyl (C=O) groups excluding carboxylic acids is 2. The lowest BCUT2D eigenvalue weighted by atomic mass is 9.94. The highest BCUT2D eigenvalue weighted by Crippen LogP contribution is 2.22. The molecular formula is C19H34N4O2. The van der Waals surface area contributed by atoms with Crippen molar-refractivity contribution in [2.75, 3.05) is 52.9 Å². The van der Waals surface area contributed by atoms with Gasteiger partial charge in [-0.15, -0.1) is 0 Å². The Kier molecular flexibility index (Phi) is 6.70. The Labute approximate surface area is 151 Å². The van der Waals surface area contributed by atoms with Crippen LogP contribution in [0.2, 0.25) is 0 Å². The summed E-state index contributed by atoms with van der Waals surface area (Å²) in [7, 11) is 1.97. The first-order valence-corrected chi connectivity index (χ1v) is 10.1. The van der Waals surface area contributed by atoms with E-state index in [0.717, 1.165) is 65.0 Å². The van der Waals surface area contributed by atoms with Crippen LogP contribution in [0, 0.1) is 5.92 Å². The normalized spacial score (nSPS) is 26.4. The van der Waals surface area contributed by atoms with E-state index in [4.69, 9.17) is 0 Å². The van der Waals surface area contributed by atoms with Crippen molar-refractivity contribution in [3.05, 3.63) is 0 Å². The van der Waals surface area contributed by atoms with Crippen LogP contribution in [0.4, 0.5) is 0 Å². The van der Waals surface area contributed by atoms with Crippen molar-refractivity contribution in [3.8, 4) is 0 Å². The standard InChI is InChI=1S/C19H34N4O2/c1-21(17-7-3-2-4-8-17)18(24)15-22-10-12-23(13-11-22)19(25)16-6-5-9-20-14-16/h16-17,20H,2-15H2,1H3. The van der Waals surface area contributed by atoms with Crippen molar-refractivity contribution in [3.63, 3.8) is 0 Å². The quantitative estimate of drug-likeness (QED) is 0.819. The van der Waals surface area contributed by atoms with Gasteiger partial charge < -0.3 is 15.1 Å². The van der Waals surface area contributed by atoms with Crippen LogP contribution in [0.5, 0.6) is 0 Å². The molecule has 0 bridgehead atoms. The molecule has 0 aromatic rings. The summed E-state index contributed by atoms with van der Waals surface area (Å²) in [6.07, 6.45) is 8.22. The molecule has 2 saturated heterocycles. The van der Waals surface area contributed by atoms with E-state index in [1.54, 1.807) is 0 Å². The molecule has 25 heavy (non-hydrogen) atoms. The molecule has 1 saturated carbocycles. The lowest BCUT2D eigenvalue weighted by molar-refractivity contribution is -0.139. The Bertz CT molecular complexity index is 450. The molecule has 1 aliphatic carbocycles. The second kappa shape index (κ2) is 8.99. The van der Waals surface area contributed by atoms with Crippen LogP contribution in [-0.2, 0) is 9.59 Å². The van der Waals surface area contributed by atoms with E-state index in [-0.39, 0.29) is 11.8 Å². The van der Waals surface area contributed by atoms with Crippen molar-refractivity contribution in [1.82, 2.24) is 20.0 Å². The van der Waals surface area contributed by atoms with E-state index < -0.39 is 0 Å². The number of nitrogens with one attached hydrogen (secondary N) is 1. The van der Waals surface area contributed by atoms with Crippen molar-refractivity contribution < 1.29 is 9.59 Å².